The topological polar surface area (TPSA) is 47.6 Å². The van der Waals surface area contributed by atoms with Gasteiger partial charge in [0.1, 0.15) is 5.75 Å². The fourth-order valence-electron chi connectivity index (χ4n) is 2.02. The van der Waals surface area contributed by atoms with Crippen molar-refractivity contribution in [2.24, 2.45) is 0 Å². The molecule has 0 aliphatic carbocycles. The zero-order chi connectivity index (χ0) is 17.5. The van der Waals surface area contributed by atoms with E-state index < -0.39 is 5.97 Å². The van der Waals surface area contributed by atoms with Crippen LogP contribution in [-0.2, 0) is 9.53 Å². The van der Waals surface area contributed by atoms with Gasteiger partial charge in [0.15, 0.2) is 0 Å². The van der Waals surface area contributed by atoms with Gasteiger partial charge < -0.3 is 14.8 Å². The molecule has 24 heavy (non-hydrogen) atoms. The number of benzene rings is 2. The Bertz CT molecular complexity index is 740. The van der Waals surface area contributed by atoms with Gasteiger partial charge in [-0.05, 0) is 43.3 Å². The summed E-state index contributed by atoms with van der Waals surface area (Å²) in [4.78, 5) is 11.5. The predicted molar refractivity (Wildman–Crippen MR) is 98.4 cm³/mol. The molecule has 0 unspecified atom stereocenters. The Labute approximate surface area is 151 Å². The fourth-order valence-corrected chi connectivity index (χ4v) is 2.51. The number of carbonyl (C=O) groups excluding carboxylic acids is 1. The van der Waals surface area contributed by atoms with Crippen LogP contribution in [-0.4, -0.2) is 19.7 Å². The Morgan fingerprint density at radius 1 is 1.21 bits per heavy atom. The van der Waals surface area contributed by atoms with E-state index in [-0.39, 0.29) is 0 Å². The number of hydrogen-bond acceptors (Lipinski definition) is 4. The van der Waals surface area contributed by atoms with E-state index >= 15 is 0 Å². The SMILES string of the molecule is CCOC(=O)C=Cc1cc(OC)ccc1Nc1c(Cl)cccc1Cl. The Morgan fingerprint density at radius 3 is 2.54 bits per heavy atom. The third kappa shape index (κ3) is 4.66. The molecule has 0 amide bonds. The number of esters is 1. The lowest BCUT2D eigenvalue weighted by molar-refractivity contribution is -0.137. The summed E-state index contributed by atoms with van der Waals surface area (Å²) in [5.74, 6) is 0.247. The van der Waals surface area contributed by atoms with Crippen molar-refractivity contribution in [2.75, 3.05) is 19.0 Å². The smallest absolute Gasteiger partial charge is 0.330 e. The standard InChI is InChI=1S/C18H17Cl2NO3/c1-3-24-17(22)10-7-12-11-13(23-2)8-9-16(12)21-18-14(19)5-4-6-15(18)20/h4-11,21H,3H2,1-2H3. The van der Waals surface area contributed by atoms with Crippen LogP contribution < -0.4 is 10.1 Å². The van der Waals surface area contributed by atoms with Crippen molar-refractivity contribution >= 4 is 46.6 Å². The molecule has 0 aliphatic rings. The van der Waals surface area contributed by atoms with Gasteiger partial charge in [-0.2, -0.15) is 0 Å². The molecule has 0 heterocycles. The lowest BCUT2D eigenvalue weighted by Crippen LogP contribution is -1.99. The maximum atomic E-state index is 11.5. The Hall–Kier alpha value is -2.17. The lowest BCUT2D eigenvalue weighted by Gasteiger charge is -2.14. The van der Waals surface area contributed by atoms with Gasteiger partial charge in [-0.1, -0.05) is 29.3 Å². The molecule has 126 valence electrons. The van der Waals surface area contributed by atoms with Crippen LogP contribution in [0.4, 0.5) is 11.4 Å². The fraction of sp³-hybridized carbons (Fsp3) is 0.167. The Kier molecular flexibility index (Phi) is 6.53. The van der Waals surface area contributed by atoms with Gasteiger partial charge in [0.2, 0.25) is 0 Å². The Balaban J connectivity index is 2.37. The first-order valence-electron chi connectivity index (χ1n) is 7.29. The van der Waals surface area contributed by atoms with E-state index in [1.807, 2.05) is 6.07 Å². The number of anilines is 2. The summed E-state index contributed by atoms with van der Waals surface area (Å²) in [7, 11) is 1.58. The highest BCUT2D eigenvalue weighted by atomic mass is 35.5. The molecule has 0 fully saturated rings. The van der Waals surface area contributed by atoms with Crippen LogP contribution in [0.15, 0.2) is 42.5 Å². The van der Waals surface area contributed by atoms with E-state index in [9.17, 15) is 4.79 Å². The van der Waals surface area contributed by atoms with Crippen LogP contribution >= 0.6 is 23.2 Å². The molecule has 2 aromatic rings. The summed E-state index contributed by atoms with van der Waals surface area (Å²) in [6, 6.07) is 10.7. The van der Waals surface area contributed by atoms with Gasteiger partial charge >= 0.3 is 5.97 Å². The van der Waals surface area contributed by atoms with Gasteiger partial charge in [0.05, 0.1) is 29.4 Å². The molecule has 0 radical (unpaired) electrons. The summed E-state index contributed by atoms with van der Waals surface area (Å²) in [5, 5.41) is 4.19. The molecule has 0 aromatic heterocycles. The van der Waals surface area contributed by atoms with Crippen LogP contribution in [0.25, 0.3) is 6.08 Å². The number of para-hydroxylation sites is 1. The minimum Gasteiger partial charge on any atom is -0.497 e. The summed E-state index contributed by atoms with van der Waals surface area (Å²) in [5.41, 5.74) is 2.06. The van der Waals surface area contributed by atoms with Crippen LogP contribution in [0.5, 0.6) is 5.75 Å². The summed E-state index contributed by atoms with van der Waals surface area (Å²) in [6.07, 6.45) is 3.01. The predicted octanol–water partition coefficient (Wildman–Crippen LogP) is 5.32. The van der Waals surface area contributed by atoms with E-state index in [2.05, 4.69) is 5.32 Å². The monoisotopic (exact) mass is 365 g/mol. The third-order valence-corrected chi connectivity index (χ3v) is 3.80. The largest absolute Gasteiger partial charge is 0.497 e. The van der Waals surface area contributed by atoms with Crippen molar-refractivity contribution in [2.45, 2.75) is 6.92 Å². The summed E-state index contributed by atoms with van der Waals surface area (Å²) >= 11 is 12.4. The molecule has 4 nitrogen and oxygen atoms in total. The first-order valence-corrected chi connectivity index (χ1v) is 8.04. The summed E-state index contributed by atoms with van der Waals surface area (Å²) in [6.45, 7) is 2.07. The van der Waals surface area contributed by atoms with Gasteiger partial charge in [-0.3, -0.25) is 0 Å². The van der Waals surface area contributed by atoms with Crippen LogP contribution in [0.2, 0.25) is 10.0 Å². The van der Waals surface area contributed by atoms with Crippen molar-refractivity contribution in [3.05, 3.63) is 58.1 Å². The normalized spacial score (nSPS) is 10.7. The van der Waals surface area contributed by atoms with Crippen LogP contribution in [0.1, 0.15) is 12.5 Å². The zero-order valence-electron chi connectivity index (χ0n) is 13.3. The first-order chi connectivity index (χ1) is 11.5. The van der Waals surface area contributed by atoms with Crippen molar-refractivity contribution in [1.29, 1.82) is 0 Å². The summed E-state index contributed by atoms with van der Waals surface area (Å²) < 4.78 is 10.1. The van der Waals surface area contributed by atoms with Gasteiger partial charge in [-0.25, -0.2) is 4.79 Å². The number of hydrogen-bond donors (Lipinski definition) is 1. The van der Waals surface area contributed by atoms with Crippen molar-refractivity contribution in [1.82, 2.24) is 0 Å². The second-order valence-corrected chi connectivity index (χ2v) is 5.57. The van der Waals surface area contributed by atoms with E-state index in [1.165, 1.54) is 6.08 Å². The van der Waals surface area contributed by atoms with Gasteiger partial charge in [0, 0.05) is 17.3 Å². The minimum absolute atomic E-state index is 0.321. The number of carbonyl (C=O) groups is 1. The second-order valence-electron chi connectivity index (χ2n) is 4.76. The quantitative estimate of drug-likeness (QED) is 0.555. The molecule has 6 heteroatoms. The number of ether oxygens (including phenoxy) is 2. The van der Waals surface area contributed by atoms with Crippen LogP contribution in [0.3, 0.4) is 0 Å². The maximum absolute atomic E-state index is 11.5. The maximum Gasteiger partial charge on any atom is 0.330 e. The van der Waals surface area contributed by atoms with E-state index in [0.29, 0.717) is 28.1 Å². The van der Waals surface area contributed by atoms with Crippen LogP contribution in [0, 0.1) is 0 Å². The molecule has 1 N–H and O–H groups in total. The number of rotatable bonds is 6. The molecule has 2 rings (SSSR count). The Morgan fingerprint density at radius 2 is 1.92 bits per heavy atom. The van der Waals surface area contributed by atoms with Crippen molar-refractivity contribution in [3.8, 4) is 5.75 Å². The molecule has 0 bridgehead atoms. The van der Waals surface area contributed by atoms with Crippen molar-refractivity contribution < 1.29 is 14.3 Å². The van der Waals surface area contributed by atoms with Gasteiger partial charge in [0.25, 0.3) is 0 Å². The number of halogens is 2. The second kappa shape index (κ2) is 8.62. The third-order valence-electron chi connectivity index (χ3n) is 3.17. The van der Waals surface area contributed by atoms with Gasteiger partial charge in [-0.15, -0.1) is 0 Å². The molecule has 2 aromatic carbocycles. The highest BCUT2D eigenvalue weighted by Crippen LogP contribution is 2.34. The van der Waals surface area contributed by atoms with E-state index in [1.54, 1.807) is 50.4 Å². The molecule has 0 spiro atoms. The average Bonchev–Trinajstić information content (AvgIpc) is 2.57. The van der Waals surface area contributed by atoms with Crippen molar-refractivity contribution in [3.63, 3.8) is 0 Å². The molecular weight excluding hydrogens is 349 g/mol. The van der Waals surface area contributed by atoms with E-state index in [0.717, 1.165) is 11.3 Å². The minimum atomic E-state index is -0.415. The lowest BCUT2D eigenvalue weighted by atomic mass is 10.1. The highest BCUT2D eigenvalue weighted by molar-refractivity contribution is 6.39. The highest BCUT2D eigenvalue weighted by Gasteiger charge is 2.09. The zero-order valence-corrected chi connectivity index (χ0v) is 14.8. The van der Waals surface area contributed by atoms with E-state index in [4.69, 9.17) is 32.7 Å². The molecule has 0 saturated heterocycles. The average molecular weight is 366 g/mol. The molecular formula is C18H17Cl2NO3. The number of methoxy groups -OCH3 is 1. The number of nitrogens with one attached hydrogen (secondary N) is 1. The molecule has 0 saturated carbocycles. The molecule has 0 aliphatic heterocycles. The molecule has 0 atom stereocenters. The first kappa shape index (κ1) is 18.2.